The van der Waals surface area contributed by atoms with Crippen molar-refractivity contribution in [3.63, 3.8) is 0 Å². The quantitative estimate of drug-likeness (QED) is 0.136. The third-order valence-corrected chi connectivity index (χ3v) is 5.58. The van der Waals surface area contributed by atoms with Crippen molar-refractivity contribution in [3.05, 3.63) is 42.0 Å². The Bertz CT molecular complexity index is 753. The summed E-state index contributed by atoms with van der Waals surface area (Å²) in [5, 5.41) is 9.59. The predicted octanol–water partition coefficient (Wildman–Crippen LogP) is 6.76. The molecule has 0 amide bonds. The summed E-state index contributed by atoms with van der Waals surface area (Å²) in [4.78, 5) is 22.7. The molecule has 0 heterocycles. The molecule has 0 fully saturated rings. The number of rotatable bonds is 19. The van der Waals surface area contributed by atoms with Crippen LogP contribution in [0.1, 0.15) is 89.0 Å². The van der Waals surface area contributed by atoms with Gasteiger partial charge < -0.3 is 19.3 Å². The number of benzene rings is 1. The first-order valence-corrected chi connectivity index (χ1v) is 12.5. The molecular weight excluding hydrogens is 432 g/mol. The molecule has 0 radical (unpaired) electrons. The number of phenolic OH excluding ortho intramolecular Hbond substituents is 1. The summed E-state index contributed by atoms with van der Waals surface area (Å²) in [7, 11) is 2.88. The summed E-state index contributed by atoms with van der Waals surface area (Å²) < 4.78 is 14.9. The Morgan fingerprint density at radius 1 is 0.794 bits per heavy atom. The lowest BCUT2D eigenvalue weighted by molar-refractivity contribution is -0.138. The fourth-order valence-electron chi connectivity index (χ4n) is 3.56. The van der Waals surface area contributed by atoms with Gasteiger partial charge in [-0.05, 0) is 43.0 Å². The molecule has 1 N–H and O–H groups in total. The monoisotopic (exact) mass is 474 g/mol. The van der Waals surface area contributed by atoms with E-state index in [0.29, 0.717) is 12.4 Å². The van der Waals surface area contributed by atoms with Crippen molar-refractivity contribution in [1.29, 1.82) is 0 Å². The van der Waals surface area contributed by atoms with Crippen molar-refractivity contribution in [2.75, 3.05) is 20.8 Å². The molecule has 0 saturated carbocycles. The van der Waals surface area contributed by atoms with Gasteiger partial charge in [0.25, 0.3) is 0 Å². The number of carbonyl (C=O) groups excluding carboxylic acids is 2. The van der Waals surface area contributed by atoms with Gasteiger partial charge in [-0.25, -0.2) is 9.59 Å². The largest absolute Gasteiger partial charge is 0.504 e. The number of allylic oxidation sites excluding steroid dienone is 1. The molecule has 0 atom stereocenters. The number of unbranched alkanes of at least 4 members (excludes halogenated alkanes) is 12. The SMILES string of the molecule is COC(=O)C=CCCCCCCCCCCCCCCOC(=O)C=Cc1ccc(O)c(OC)c1. The maximum Gasteiger partial charge on any atom is 0.330 e. The van der Waals surface area contributed by atoms with E-state index in [-0.39, 0.29) is 17.7 Å². The second-order valence-electron chi connectivity index (χ2n) is 8.39. The van der Waals surface area contributed by atoms with Crippen LogP contribution in [0.15, 0.2) is 36.4 Å². The minimum Gasteiger partial charge on any atom is -0.504 e. The number of hydrogen-bond acceptors (Lipinski definition) is 6. The van der Waals surface area contributed by atoms with Crippen LogP contribution >= 0.6 is 0 Å². The number of hydrogen-bond donors (Lipinski definition) is 1. The number of phenols is 1. The first-order chi connectivity index (χ1) is 16.6. The first kappa shape index (κ1) is 29.3. The molecule has 1 aromatic rings. The molecule has 1 aromatic carbocycles. The van der Waals surface area contributed by atoms with E-state index >= 15 is 0 Å². The predicted molar refractivity (Wildman–Crippen MR) is 136 cm³/mol. The summed E-state index contributed by atoms with van der Waals surface area (Å²) >= 11 is 0. The Hall–Kier alpha value is -2.76. The van der Waals surface area contributed by atoms with Crippen molar-refractivity contribution >= 4 is 18.0 Å². The Morgan fingerprint density at radius 2 is 1.38 bits per heavy atom. The van der Waals surface area contributed by atoms with Crippen molar-refractivity contribution in [2.45, 2.75) is 83.5 Å². The van der Waals surface area contributed by atoms with Gasteiger partial charge in [0, 0.05) is 12.2 Å². The van der Waals surface area contributed by atoms with Crippen LogP contribution in [0.25, 0.3) is 6.08 Å². The van der Waals surface area contributed by atoms with E-state index in [2.05, 4.69) is 4.74 Å². The molecule has 6 heteroatoms. The summed E-state index contributed by atoms with van der Waals surface area (Å²) in [6.45, 7) is 0.445. The minimum atomic E-state index is -0.357. The van der Waals surface area contributed by atoms with Gasteiger partial charge >= 0.3 is 11.9 Å². The number of ether oxygens (including phenoxy) is 3. The fraction of sp³-hybridized carbons (Fsp3) is 0.571. The number of carbonyl (C=O) groups is 2. The molecule has 0 bridgehead atoms. The van der Waals surface area contributed by atoms with Crippen LogP contribution in [0.4, 0.5) is 0 Å². The summed E-state index contributed by atoms with van der Waals surface area (Å²) in [5.41, 5.74) is 0.761. The average Bonchev–Trinajstić information content (AvgIpc) is 2.85. The third-order valence-electron chi connectivity index (χ3n) is 5.58. The highest BCUT2D eigenvalue weighted by atomic mass is 16.5. The highest BCUT2D eigenvalue weighted by Crippen LogP contribution is 2.26. The molecular formula is C28H42O6. The average molecular weight is 475 g/mol. The second kappa shape index (κ2) is 19.7. The second-order valence-corrected chi connectivity index (χ2v) is 8.39. The maximum absolute atomic E-state index is 11.8. The lowest BCUT2D eigenvalue weighted by Gasteiger charge is -2.04. The van der Waals surface area contributed by atoms with Crippen LogP contribution in [0.2, 0.25) is 0 Å². The zero-order valence-electron chi connectivity index (χ0n) is 20.9. The van der Waals surface area contributed by atoms with Gasteiger partial charge in [0.15, 0.2) is 11.5 Å². The molecule has 0 aliphatic heterocycles. The van der Waals surface area contributed by atoms with Crippen molar-refractivity contribution in [2.24, 2.45) is 0 Å². The summed E-state index contributed by atoms with van der Waals surface area (Å²) in [6.07, 6.45) is 21.9. The highest BCUT2D eigenvalue weighted by molar-refractivity contribution is 5.87. The van der Waals surface area contributed by atoms with Crippen LogP contribution in [0.3, 0.4) is 0 Å². The molecule has 0 unspecified atom stereocenters. The topological polar surface area (TPSA) is 82.1 Å². The summed E-state index contributed by atoms with van der Waals surface area (Å²) in [6, 6.07) is 4.90. The number of aromatic hydroxyl groups is 1. The normalized spacial score (nSPS) is 11.2. The zero-order valence-corrected chi connectivity index (χ0v) is 20.9. The van der Waals surface area contributed by atoms with Crippen molar-refractivity contribution < 1.29 is 28.9 Å². The molecule has 0 aliphatic carbocycles. The Morgan fingerprint density at radius 3 is 1.97 bits per heavy atom. The van der Waals surface area contributed by atoms with E-state index in [4.69, 9.17) is 9.47 Å². The Labute approximate surface area is 205 Å². The van der Waals surface area contributed by atoms with Gasteiger partial charge in [-0.1, -0.05) is 76.4 Å². The molecule has 0 spiro atoms. The molecule has 190 valence electrons. The van der Waals surface area contributed by atoms with E-state index < -0.39 is 0 Å². The van der Waals surface area contributed by atoms with Gasteiger partial charge in [-0.2, -0.15) is 0 Å². The van der Waals surface area contributed by atoms with E-state index in [1.807, 2.05) is 6.08 Å². The van der Waals surface area contributed by atoms with Crippen LogP contribution in [-0.2, 0) is 19.1 Å². The van der Waals surface area contributed by atoms with Gasteiger partial charge in [0.2, 0.25) is 0 Å². The maximum atomic E-state index is 11.8. The lowest BCUT2D eigenvalue weighted by atomic mass is 10.0. The standard InChI is InChI=1S/C28H42O6/c1-32-26-23-24(18-20-25(26)29)19-21-28(31)34-22-16-14-12-10-8-6-4-3-5-7-9-11-13-15-17-27(30)33-2/h15,17-21,23,29H,3-14,16,22H2,1-2H3. The van der Waals surface area contributed by atoms with Crippen molar-refractivity contribution in [3.8, 4) is 11.5 Å². The van der Waals surface area contributed by atoms with Gasteiger partial charge in [-0.15, -0.1) is 0 Å². The van der Waals surface area contributed by atoms with Crippen LogP contribution in [-0.4, -0.2) is 37.9 Å². The minimum absolute atomic E-state index is 0.0667. The van der Waals surface area contributed by atoms with E-state index in [0.717, 1.165) is 31.2 Å². The van der Waals surface area contributed by atoms with Gasteiger partial charge in [-0.3, -0.25) is 0 Å². The molecule has 0 saturated heterocycles. The number of esters is 2. The van der Waals surface area contributed by atoms with Crippen LogP contribution < -0.4 is 4.74 Å². The third kappa shape index (κ3) is 15.1. The fourth-order valence-corrected chi connectivity index (χ4v) is 3.56. The van der Waals surface area contributed by atoms with Crippen molar-refractivity contribution in [1.82, 2.24) is 0 Å². The Kier molecular flexibility index (Phi) is 16.9. The van der Waals surface area contributed by atoms with Gasteiger partial charge in [0.1, 0.15) is 0 Å². The molecule has 0 aliphatic rings. The number of methoxy groups -OCH3 is 2. The molecule has 6 nitrogen and oxygen atoms in total. The van der Waals surface area contributed by atoms with E-state index in [1.165, 1.54) is 90.2 Å². The summed E-state index contributed by atoms with van der Waals surface area (Å²) in [5.74, 6) is -0.198. The van der Waals surface area contributed by atoms with E-state index in [9.17, 15) is 14.7 Å². The van der Waals surface area contributed by atoms with Gasteiger partial charge in [0.05, 0.1) is 20.8 Å². The highest BCUT2D eigenvalue weighted by Gasteiger charge is 2.02. The molecule has 34 heavy (non-hydrogen) atoms. The molecule has 1 rings (SSSR count). The molecule has 0 aromatic heterocycles. The first-order valence-electron chi connectivity index (χ1n) is 12.5. The lowest BCUT2D eigenvalue weighted by Crippen LogP contribution is -2.02. The zero-order chi connectivity index (χ0) is 24.9. The van der Waals surface area contributed by atoms with Crippen LogP contribution in [0, 0.1) is 0 Å². The Balaban J connectivity index is 1.89. The smallest absolute Gasteiger partial charge is 0.330 e. The van der Waals surface area contributed by atoms with Crippen LogP contribution in [0.5, 0.6) is 11.5 Å². The van der Waals surface area contributed by atoms with E-state index in [1.54, 1.807) is 18.2 Å².